The van der Waals surface area contributed by atoms with E-state index in [1.165, 1.54) is 7.11 Å². The molecule has 0 aromatic rings. The van der Waals surface area contributed by atoms with E-state index >= 15 is 0 Å². The van der Waals surface area contributed by atoms with Crippen molar-refractivity contribution in [3.05, 3.63) is 0 Å². The Labute approximate surface area is 226 Å². The van der Waals surface area contributed by atoms with E-state index in [1.807, 2.05) is 0 Å². The van der Waals surface area contributed by atoms with Crippen LogP contribution in [0.4, 0.5) is 0 Å². The molecule has 230 valence electrons. The Bertz CT molecular complexity index is 713. The predicted octanol–water partition coefficient (Wildman–Crippen LogP) is -4.92. The third kappa shape index (κ3) is 7.43. The van der Waals surface area contributed by atoms with Gasteiger partial charge in [0.05, 0.1) is 70.2 Å². The Morgan fingerprint density at radius 2 is 1.10 bits per heavy atom. The van der Waals surface area contributed by atoms with E-state index in [4.69, 9.17) is 28.4 Å². The lowest BCUT2D eigenvalue weighted by atomic mass is 9.86. The zero-order valence-corrected chi connectivity index (χ0v) is 22.1. The Morgan fingerprint density at radius 1 is 0.538 bits per heavy atom. The van der Waals surface area contributed by atoms with Gasteiger partial charge in [-0.2, -0.15) is 0 Å². The molecule has 3 saturated heterocycles. The van der Waals surface area contributed by atoms with E-state index in [9.17, 15) is 46.0 Å². The molecule has 15 heteroatoms. The second-order valence-electron chi connectivity index (χ2n) is 10.3. The monoisotopic (exact) mass is 572 g/mol. The molecule has 9 N–H and O–H groups in total. The van der Waals surface area contributed by atoms with Gasteiger partial charge in [0.25, 0.3) is 0 Å². The van der Waals surface area contributed by atoms with Crippen LogP contribution >= 0.6 is 0 Å². The number of hydrogen-bond acceptors (Lipinski definition) is 15. The summed E-state index contributed by atoms with van der Waals surface area (Å²) in [6.07, 6.45) is -15.4. The van der Waals surface area contributed by atoms with Crippen molar-refractivity contribution >= 4 is 0 Å². The number of methoxy groups -OCH3 is 1. The van der Waals surface area contributed by atoms with Crippen molar-refractivity contribution in [1.82, 2.24) is 0 Å². The molecule has 3 heterocycles. The van der Waals surface area contributed by atoms with E-state index in [-0.39, 0.29) is 26.4 Å². The first-order valence-electron chi connectivity index (χ1n) is 13.2. The van der Waals surface area contributed by atoms with Gasteiger partial charge in [-0.3, -0.25) is 0 Å². The van der Waals surface area contributed by atoms with Crippen molar-refractivity contribution in [2.24, 2.45) is 11.8 Å². The van der Waals surface area contributed by atoms with E-state index < -0.39 is 105 Å². The minimum Gasteiger partial charge on any atom is -0.394 e. The maximum Gasteiger partial charge on any atom is 0.186 e. The fourth-order valence-corrected chi connectivity index (χ4v) is 5.33. The summed E-state index contributed by atoms with van der Waals surface area (Å²) in [6.45, 7) is 0.0753. The van der Waals surface area contributed by atoms with Gasteiger partial charge in [0.1, 0.15) is 42.7 Å². The summed E-state index contributed by atoms with van der Waals surface area (Å²) in [7, 11) is 1.40. The number of aliphatic hydroxyl groups is 9. The Balaban J connectivity index is 1.61. The first-order chi connectivity index (χ1) is 18.6. The Morgan fingerprint density at radius 3 is 1.69 bits per heavy atom. The average molecular weight is 573 g/mol. The van der Waals surface area contributed by atoms with Crippen molar-refractivity contribution in [3.63, 3.8) is 0 Å². The van der Waals surface area contributed by atoms with Gasteiger partial charge in [-0.25, -0.2) is 0 Å². The predicted molar refractivity (Wildman–Crippen MR) is 128 cm³/mol. The maximum atomic E-state index is 10.8. The third-order valence-corrected chi connectivity index (χ3v) is 7.80. The summed E-state index contributed by atoms with van der Waals surface area (Å²) in [6, 6.07) is 0. The maximum absolute atomic E-state index is 10.8. The van der Waals surface area contributed by atoms with Crippen LogP contribution < -0.4 is 0 Å². The van der Waals surface area contributed by atoms with E-state index in [1.54, 1.807) is 6.92 Å². The molecule has 0 aromatic heterocycles. The van der Waals surface area contributed by atoms with Crippen LogP contribution in [0, 0.1) is 11.8 Å². The van der Waals surface area contributed by atoms with Gasteiger partial charge < -0.3 is 74.4 Å². The largest absolute Gasteiger partial charge is 0.394 e. The minimum absolute atomic E-state index is 0.0191. The number of aliphatic hydroxyl groups excluding tert-OH is 9. The van der Waals surface area contributed by atoms with Crippen LogP contribution in [0.2, 0.25) is 0 Å². The van der Waals surface area contributed by atoms with Gasteiger partial charge in [0, 0.05) is 18.9 Å². The highest BCUT2D eigenvalue weighted by Crippen LogP contribution is 2.31. The lowest BCUT2D eigenvalue weighted by Gasteiger charge is -2.45. The molecule has 0 bridgehead atoms. The second-order valence-corrected chi connectivity index (χ2v) is 10.3. The molecule has 3 aliphatic rings. The van der Waals surface area contributed by atoms with Crippen LogP contribution in [0.15, 0.2) is 0 Å². The van der Waals surface area contributed by atoms with Gasteiger partial charge in [0.2, 0.25) is 0 Å². The van der Waals surface area contributed by atoms with Crippen LogP contribution in [-0.2, 0) is 28.4 Å². The zero-order chi connectivity index (χ0) is 28.9. The highest BCUT2D eigenvalue weighted by molar-refractivity contribution is 4.94. The molecule has 3 rings (SSSR count). The fourth-order valence-electron chi connectivity index (χ4n) is 5.33. The lowest BCUT2D eigenvalue weighted by molar-refractivity contribution is -0.313. The van der Waals surface area contributed by atoms with Crippen molar-refractivity contribution in [1.29, 1.82) is 0 Å². The van der Waals surface area contributed by atoms with Crippen molar-refractivity contribution in [2.45, 2.75) is 92.9 Å². The smallest absolute Gasteiger partial charge is 0.186 e. The van der Waals surface area contributed by atoms with Gasteiger partial charge >= 0.3 is 0 Å². The number of hydrogen-bond donors (Lipinski definition) is 9. The number of rotatable bonds is 12. The third-order valence-electron chi connectivity index (χ3n) is 7.80. The molecule has 6 unspecified atom stereocenters. The minimum atomic E-state index is -1.63. The quantitative estimate of drug-likeness (QED) is 0.106. The van der Waals surface area contributed by atoms with Crippen LogP contribution in [0.1, 0.15) is 13.3 Å². The summed E-state index contributed by atoms with van der Waals surface area (Å²) in [5, 5.41) is 91.6. The average Bonchev–Trinajstić information content (AvgIpc) is 2.93. The van der Waals surface area contributed by atoms with Gasteiger partial charge in [0.15, 0.2) is 6.29 Å². The summed E-state index contributed by atoms with van der Waals surface area (Å²) < 4.78 is 33.4. The van der Waals surface area contributed by atoms with Crippen molar-refractivity contribution in [3.8, 4) is 0 Å². The lowest BCUT2D eigenvalue weighted by Crippen LogP contribution is -2.61. The fraction of sp³-hybridized carbons (Fsp3) is 1.00. The first kappa shape index (κ1) is 32.9. The second kappa shape index (κ2) is 15.0. The van der Waals surface area contributed by atoms with Crippen molar-refractivity contribution < 1.29 is 74.4 Å². The SMILES string of the molecule is CC[C@@H]1O[C@@H](CO)[C@@H](COC[C@@H]2OC(CO[C@H]3OC(CO)[C@H](O)[C@@H](O)C3O)[C@@H](COC)[C@@H](O)C2O)C(O)C1O. The van der Waals surface area contributed by atoms with Crippen molar-refractivity contribution in [2.75, 3.05) is 46.8 Å². The summed E-state index contributed by atoms with van der Waals surface area (Å²) in [5.74, 6) is -1.52. The molecule has 15 nitrogen and oxygen atoms in total. The zero-order valence-electron chi connectivity index (χ0n) is 22.1. The first-order valence-corrected chi connectivity index (χ1v) is 13.2. The standard InChI is InChI=1S/C24H44O15/c1-3-12-19(29)18(28)11(13(4-25)37-12)7-35-8-16-21(31)17(27)10(6-34-2)15(38-16)9-36-24-23(33)22(32)20(30)14(5-26)39-24/h10-33H,3-9H2,1-2H3/t10-,11-,12+,13+,14?,15?,16+,17-,18?,19?,20+,21?,22-,23?,24+/m1/s1. The van der Waals surface area contributed by atoms with Crippen LogP contribution in [-0.4, -0.2) is 172 Å². The molecule has 0 amide bonds. The molecule has 15 atom stereocenters. The number of ether oxygens (including phenoxy) is 6. The molecule has 0 radical (unpaired) electrons. The Kier molecular flexibility index (Phi) is 12.7. The van der Waals surface area contributed by atoms with Crippen LogP contribution in [0.5, 0.6) is 0 Å². The summed E-state index contributed by atoms with van der Waals surface area (Å²) >= 11 is 0. The summed E-state index contributed by atoms with van der Waals surface area (Å²) in [5.41, 5.74) is 0. The Hall–Kier alpha value is -0.600. The molecule has 0 spiro atoms. The van der Waals surface area contributed by atoms with E-state index in [2.05, 4.69) is 0 Å². The van der Waals surface area contributed by atoms with E-state index in [0.29, 0.717) is 6.42 Å². The molecule has 0 aromatic carbocycles. The normalized spacial score (nSPS) is 47.3. The highest BCUT2D eigenvalue weighted by atomic mass is 16.7. The topological polar surface area (TPSA) is 237 Å². The van der Waals surface area contributed by atoms with Crippen LogP contribution in [0.25, 0.3) is 0 Å². The van der Waals surface area contributed by atoms with Gasteiger partial charge in [-0.15, -0.1) is 0 Å². The molecule has 0 saturated carbocycles. The molecule has 3 fully saturated rings. The molecule has 3 aliphatic heterocycles. The molecule has 39 heavy (non-hydrogen) atoms. The molecule has 0 aliphatic carbocycles. The molecular formula is C24H44O15. The van der Waals surface area contributed by atoms with Gasteiger partial charge in [-0.05, 0) is 6.42 Å². The summed E-state index contributed by atoms with van der Waals surface area (Å²) in [4.78, 5) is 0. The van der Waals surface area contributed by atoms with Crippen LogP contribution in [0.3, 0.4) is 0 Å². The van der Waals surface area contributed by atoms with E-state index in [0.717, 1.165) is 0 Å². The van der Waals surface area contributed by atoms with Gasteiger partial charge in [-0.1, -0.05) is 6.92 Å². The molecular weight excluding hydrogens is 528 g/mol. The highest BCUT2D eigenvalue weighted by Gasteiger charge is 2.48.